The van der Waals surface area contributed by atoms with Gasteiger partial charge in [0.05, 0.1) is 11.3 Å². The van der Waals surface area contributed by atoms with E-state index in [1.807, 2.05) is 19.2 Å². The van der Waals surface area contributed by atoms with Crippen molar-refractivity contribution in [2.24, 2.45) is 0 Å². The minimum atomic E-state index is 0.0774. The van der Waals surface area contributed by atoms with E-state index in [9.17, 15) is 4.79 Å². The Morgan fingerprint density at radius 2 is 2.19 bits per heavy atom. The summed E-state index contributed by atoms with van der Waals surface area (Å²) in [5.41, 5.74) is 4.25. The molecule has 0 bridgehead atoms. The van der Waals surface area contributed by atoms with E-state index in [2.05, 4.69) is 15.4 Å². The zero-order valence-electron chi connectivity index (χ0n) is 15.3. The third kappa shape index (κ3) is 3.56. The molecule has 1 fully saturated rings. The number of carbonyl (C=O) groups is 1. The second-order valence-corrected chi connectivity index (χ2v) is 8.14. The summed E-state index contributed by atoms with van der Waals surface area (Å²) in [5.74, 6) is 0.976. The Labute approximate surface area is 157 Å². The van der Waals surface area contributed by atoms with Crippen molar-refractivity contribution in [3.05, 3.63) is 38.4 Å². The van der Waals surface area contributed by atoms with E-state index in [0.29, 0.717) is 0 Å². The van der Waals surface area contributed by atoms with Crippen LogP contribution in [0.15, 0.2) is 9.90 Å². The highest BCUT2D eigenvalue weighted by atomic mass is 32.1. The van der Waals surface area contributed by atoms with E-state index in [0.717, 1.165) is 69.1 Å². The quantitative estimate of drug-likeness (QED) is 0.890. The summed E-state index contributed by atoms with van der Waals surface area (Å²) in [4.78, 5) is 16.4. The maximum atomic E-state index is 12.7. The fourth-order valence-corrected chi connectivity index (χ4v) is 4.88. The summed E-state index contributed by atoms with van der Waals surface area (Å²) in [6.45, 7) is 8.12. The van der Waals surface area contributed by atoms with Gasteiger partial charge >= 0.3 is 0 Å². The molecule has 2 aromatic rings. The Morgan fingerprint density at radius 3 is 2.92 bits per heavy atom. The van der Waals surface area contributed by atoms with Gasteiger partial charge < -0.3 is 14.6 Å². The molecule has 4 rings (SSSR count). The third-order valence-electron chi connectivity index (χ3n) is 5.39. The lowest BCUT2D eigenvalue weighted by Crippen LogP contribution is -2.39. The molecule has 1 amide bonds. The SMILES string of the molecule is Cc1noc(C)c1CN1CCc2c(C(=O)NC3CCOCC3)csc2C1. The standard InChI is InChI=1S/C19H25N3O3S/c1-12-16(13(2)25-21-12)9-22-6-3-15-17(11-26-18(15)10-22)19(23)20-14-4-7-24-8-5-14/h11,14H,3-10H2,1-2H3,(H,20,23). The maximum Gasteiger partial charge on any atom is 0.252 e. The number of rotatable bonds is 4. The summed E-state index contributed by atoms with van der Waals surface area (Å²) in [6.07, 6.45) is 2.73. The first kappa shape index (κ1) is 17.7. The minimum absolute atomic E-state index is 0.0774. The first-order chi connectivity index (χ1) is 12.6. The molecule has 0 spiro atoms. The smallest absolute Gasteiger partial charge is 0.252 e. The molecular weight excluding hydrogens is 350 g/mol. The molecule has 2 aromatic heterocycles. The number of nitrogens with one attached hydrogen (secondary N) is 1. The van der Waals surface area contributed by atoms with Gasteiger partial charge in [-0.25, -0.2) is 0 Å². The average molecular weight is 375 g/mol. The highest BCUT2D eigenvalue weighted by Gasteiger charge is 2.26. The van der Waals surface area contributed by atoms with E-state index in [1.54, 1.807) is 11.3 Å². The van der Waals surface area contributed by atoms with Crippen LogP contribution >= 0.6 is 11.3 Å². The van der Waals surface area contributed by atoms with E-state index < -0.39 is 0 Å². The topological polar surface area (TPSA) is 67.6 Å². The van der Waals surface area contributed by atoms with Crippen LogP contribution in [0, 0.1) is 13.8 Å². The minimum Gasteiger partial charge on any atom is -0.381 e. The number of fused-ring (bicyclic) bond motifs is 1. The Balaban J connectivity index is 1.42. The lowest BCUT2D eigenvalue weighted by atomic mass is 10.0. The lowest BCUT2D eigenvalue weighted by molar-refractivity contribution is 0.0696. The molecular formula is C19H25N3O3S. The predicted molar refractivity (Wildman–Crippen MR) is 99.4 cm³/mol. The Kier molecular flexibility index (Phi) is 5.11. The number of ether oxygens (including phenoxy) is 1. The molecule has 0 aromatic carbocycles. The number of aromatic nitrogens is 1. The number of carbonyl (C=O) groups excluding carboxylic acids is 1. The molecule has 4 heterocycles. The summed E-state index contributed by atoms with van der Waals surface area (Å²) in [5, 5.41) is 9.26. The molecule has 2 aliphatic rings. The molecule has 140 valence electrons. The molecule has 0 radical (unpaired) electrons. The summed E-state index contributed by atoms with van der Waals surface area (Å²) in [7, 11) is 0. The van der Waals surface area contributed by atoms with Crippen LogP contribution in [0.5, 0.6) is 0 Å². The molecule has 7 heteroatoms. The zero-order chi connectivity index (χ0) is 18.1. The van der Waals surface area contributed by atoms with Gasteiger partial charge in [-0.3, -0.25) is 9.69 Å². The van der Waals surface area contributed by atoms with Crippen LogP contribution in [0.1, 0.15) is 50.7 Å². The first-order valence-corrected chi connectivity index (χ1v) is 10.1. The molecule has 6 nitrogen and oxygen atoms in total. The van der Waals surface area contributed by atoms with Gasteiger partial charge in [0, 0.05) is 54.7 Å². The second kappa shape index (κ2) is 7.50. The second-order valence-electron chi connectivity index (χ2n) is 7.17. The van der Waals surface area contributed by atoms with Crippen molar-refractivity contribution in [1.29, 1.82) is 0 Å². The summed E-state index contributed by atoms with van der Waals surface area (Å²) >= 11 is 1.70. The third-order valence-corrected chi connectivity index (χ3v) is 6.40. The number of hydrogen-bond donors (Lipinski definition) is 1. The van der Waals surface area contributed by atoms with E-state index in [-0.39, 0.29) is 11.9 Å². The number of thiophene rings is 1. The lowest BCUT2D eigenvalue weighted by Gasteiger charge is -2.27. The van der Waals surface area contributed by atoms with Crippen molar-refractivity contribution in [3.63, 3.8) is 0 Å². The van der Waals surface area contributed by atoms with Crippen LogP contribution in [0.2, 0.25) is 0 Å². The molecule has 0 saturated carbocycles. The average Bonchev–Trinajstić information content (AvgIpc) is 3.20. The van der Waals surface area contributed by atoms with Gasteiger partial charge in [0.25, 0.3) is 5.91 Å². The van der Waals surface area contributed by atoms with Crippen molar-refractivity contribution < 1.29 is 14.1 Å². The van der Waals surface area contributed by atoms with Gasteiger partial charge in [-0.2, -0.15) is 0 Å². The normalized spacial score (nSPS) is 18.7. The van der Waals surface area contributed by atoms with Crippen molar-refractivity contribution in [2.45, 2.75) is 52.2 Å². The Morgan fingerprint density at radius 1 is 1.38 bits per heavy atom. The number of amides is 1. The van der Waals surface area contributed by atoms with Gasteiger partial charge in [0.1, 0.15) is 5.76 Å². The molecule has 2 aliphatic heterocycles. The largest absolute Gasteiger partial charge is 0.381 e. The van der Waals surface area contributed by atoms with Crippen LogP contribution in [0.3, 0.4) is 0 Å². The van der Waals surface area contributed by atoms with Gasteiger partial charge in [-0.05, 0) is 38.7 Å². The number of hydrogen-bond acceptors (Lipinski definition) is 6. The predicted octanol–water partition coefficient (Wildman–Crippen LogP) is 2.82. The van der Waals surface area contributed by atoms with Crippen molar-refractivity contribution in [1.82, 2.24) is 15.4 Å². The first-order valence-electron chi connectivity index (χ1n) is 9.23. The van der Waals surface area contributed by atoms with Crippen molar-refractivity contribution in [2.75, 3.05) is 19.8 Å². The maximum absolute atomic E-state index is 12.7. The van der Waals surface area contributed by atoms with E-state index in [1.165, 1.54) is 16.0 Å². The highest BCUT2D eigenvalue weighted by molar-refractivity contribution is 7.10. The summed E-state index contributed by atoms with van der Waals surface area (Å²) < 4.78 is 10.6. The molecule has 26 heavy (non-hydrogen) atoms. The monoisotopic (exact) mass is 375 g/mol. The Bertz CT molecular complexity index is 773. The molecule has 0 aliphatic carbocycles. The molecule has 0 unspecified atom stereocenters. The molecule has 1 saturated heterocycles. The molecule has 0 atom stereocenters. The van der Waals surface area contributed by atoms with Crippen LogP contribution in [-0.4, -0.2) is 41.8 Å². The number of aryl methyl sites for hydroxylation is 2. The fraction of sp³-hybridized carbons (Fsp3) is 0.579. The van der Waals surface area contributed by atoms with Crippen molar-refractivity contribution >= 4 is 17.2 Å². The van der Waals surface area contributed by atoms with Gasteiger partial charge in [0.15, 0.2) is 0 Å². The van der Waals surface area contributed by atoms with Gasteiger partial charge in [0.2, 0.25) is 0 Å². The van der Waals surface area contributed by atoms with E-state index >= 15 is 0 Å². The number of nitrogens with zero attached hydrogens (tertiary/aromatic N) is 2. The van der Waals surface area contributed by atoms with Crippen LogP contribution in [-0.2, 0) is 24.2 Å². The Hall–Kier alpha value is -1.70. The van der Waals surface area contributed by atoms with E-state index in [4.69, 9.17) is 9.26 Å². The van der Waals surface area contributed by atoms with Gasteiger partial charge in [-0.15, -0.1) is 11.3 Å². The van der Waals surface area contributed by atoms with Gasteiger partial charge in [-0.1, -0.05) is 5.16 Å². The van der Waals surface area contributed by atoms with Crippen LogP contribution < -0.4 is 5.32 Å². The fourth-order valence-electron chi connectivity index (χ4n) is 3.76. The zero-order valence-corrected chi connectivity index (χ0v) is 16.2. The van der Waals surface area contributed by atoms with Crippen LogP contribution in [0.4, 0.5) is 0 Å². The molecule has 1 N–H and O–H groups in total. The summed E-state index contributed by atoms with van der Waals surface area (Å²) in [6, 6.07) is 0.242. The highest BCUT2D eigenvalue weighted by Crippen LogP contribution is 2.30. The van der Waals surface area contributed by atoms with Crippen molar-refractivity contribution in [3.8, 4) is 0 Å². The van der Waals surface area contributed by atoms with Crippen LogP contribution in [0.25, 0.3) is 0 Å².